The molecule has 1 aromatic rings. The maximum Gasteiger partial charge on any atom is 0.292 e. The highest BCUT2D eigenvalue weighted by Gasteiger charge is 2.35. The molecule has 1 aromatic carbocycles. The molecule has 1 aliphatic heterocycles. The summed E-state index contributed by atoms with van der Waals surface area (Å²) in [5.41, 5.74) is 1.80. The number of benzene rings is 1. The van der Waals surface area contributed by atoms with Crippen LogP contribution < -0.4 is 4.90 Å². The molecule has 0 spiro atoms. The van der Waals surface area contributed by atoms with E-state index in [1.54, 1.807) is 6.07 Å². The van der Waals surface area contributed by atoms with Gasteiger partial charge in [0.1, 0.15) is 5.69 Å². The third-order valence-electron chi connectivity index (χ3n) is 4.94. The monoisotopic (exact) mass is 308 g/mol. The van der Waals surface area contributed by atoms with Crippen LogP contribution in [0.25, 0.3) is 0 Å². The minimum atomic E-state index is -0.268. The third kappa shape index (κ3) is 2.86. The van der Waals surface area contributed by atoms with E-state index in [9.17, 15) is 10.1 Å². The van der Waals surface area contributed by atoms with Crippen LogP contribution in [0.15, 0.2) is 18.2 Å². The normalized spacial score (nSPS) is 22.9. The van der Waals surface area contributed by atoms with Gasteiger partial charge in [-0.15, -0.1) is 11.6 Å². The van der Waals surface area contributed by atoms with Gasteiger partial charge >= 0.3 is 0 Å². The zero-order chi connectivity index (χ0) is 14.8. The average Bonchev–Trinajstić information content (AvgIpc) is 3.17. The molecule has 1 saturated carbocycles. The van der Waals surface area contributed by atoms with E-state index in [4.69, 9.17) is 11.6 Å². The van der Waals surface area contributed by atoms with Gasteiger partial charge in [0.05, 0.1) is 4.92 Å². The summed E-state index contributed by atoms with van der Waals surface area (Å²) in [7, 11) is 0. The van der Waals surface area contributed by atoms with Crippen molar-refractivity contribution in [3.63, 3.8) is 0 Å². The Balaban J connectivity index is 1.92. The van der Waals surface area contributed by atoms with Gasteiger partial charge in [-0.3, -0.25) is 10.1 Å². The summed E-state index contributed by atoms with van der Waals surface area (Å²) >= 11 is 5.81. The molecule has 1 atom stereocenters. The highest BCUT2D eigenvalue weighted by atomic mass is 35.5. The van der Waals surface area contributed by atoms with Crippen molar-refractivity contribution in [2.45, 2.75) is 50.4 Å². The standard InChI is InChI=1S/C16H21ClN2O2/c17-11-12-7-8-15(16(10-12)19(20)21)18-9-3-6-14(18)13-4-1-2-5-13/h7-8,10,13-14H,1-6,9,11H2. The van der Waals surface area contributed by atoms with Crippen molar-refractivity contribution >= 4 is 23.0 Å². The lowest BCUT2D eigenvalue weighted by Gasteiger charge is -2.31. The summed E-state index contributed by atoms with van der Waals surface area (Å²) in [6.45, 7) is 0.933. The van der Waals surface area contributed by atoms with Gasteiger partial charge in [0.2, 0.25) is 0 Å². The smallest absolute Gasteiger partial charge is 0.292 e. The minimum Gasteiger partial charge on any atom is -0.363 e. The maximum absolute atomic E-state index is 11.4. The van der Waals surface area contributed by atoms with E-state index in [-0.39, 0.29) is 10.6 Å². The van der Waals surface area contributed by atoms with Crippen molar-refractivity contribution in [1.29, 1.82) is 0 Å². The van der Waals surface area contributed by atoms with Crippen molar-refractivity contribution in [2.75, 3.05) is 11.4 Å². The van der Waals surface area contributed by atoms with E-state index in [1.165, 1.54) is 32.1 Å². The molecule has 1 unspecified atom stereocenters. The number of nitro groups is 1. The van der Waals surface area contributed by atoms with E-state index in [0.29, 0.717) is 17.8 Å². The molecule has 0 radical (unpaired) electrons. The second-order valence-corrected chi connectivity index (χ2v) is 6.43. The molecule has 1 heterocycles. The van der Waals surface area contributed by atoms with Crippen LogP contribution in [0.5, 0.6) is 0 Å². The lowest BCUT2D eigenvalue weighted by molar-refractivity contribution is -0.384. The van der Waals surface area contributed by atoms with E-state index >= 15 is 0 Å². The number of hydrogen-bond donors (Lipinski definition) is 0. The highest BCUT2D eigenvalue weighted by molar-refractivity contribution is 6.17. The van der Waals surface area contributed by atoms with Gasteiger partial charge in [0.15, 0.2) is 0 Å². The van der Waals surface area contributed by atoms with Crippen LogP contribution in [0.1, 0.15) is 44.1 Å². The third-order valence-corrected chi connectivity index (χ3v) is 5.25. The van der Waals surface area contributed by atoms with Crippen LogP contribution >= 0.6 is 11.6 Å². The molecule has 21 heavy (non-hydrogen) atoms. The van der Waals surface area contributed by atoms with Gasteiger partial charge in [0.25, 0.3) is 5.69 Å². The minimum absolute atomic E-state index is 0.207. The first-order chi connectivity index (χ1) is 10.2. The maximum atomic E-state index is 11.4. The first-order valence-corrected chi connectivity index (χ1v) is 8.34. The van der Waals surface area contributed by atoms with E-state index in [0.717, 1.165) is 24.2 Å². The van der Waals surface area contributed by atoms with Crippen LogP contribution in [0.3, 0.4) is 0 Å². The first kappa shape index (κ1) is 14.6. The Morgan fingerprint density at radius 1 is 1.24 bits per heavy atom. The molecule has 0 amide bonds. The molecule has 0 bridgehead atoms. The van der Waals surface area contributed by atoms with Gasteiger partial charge in [-0.2, -0.15) is 0 Å². The van der Waals surface area contributed by atoms with Crippen LogP contribution in [0.4, 0.5) is 11.4 Å². The van der Waals surface area contributed by atoms with Gasteiger partial charge in [-0.05, 0) is 43.2 Å². The number of nitrogens with zero attached hydrogens (tertiary/aromatic N) is 2. The summed E-state index contributed by atoms with van der Waals surface area (Å²) < 4.78 is 0. The average molecular weight is 309 g/mol. The van der Waals surface area contributed by atoms with Crippen molar-refractivity contribution in [3.05, 3.63) is 33.9 Å². The number of halogens is 1. The fourth-order valence-corrected chi connectivity index (χ4v) is 4.13. The molecule has 0 N–H and O–H groups in total. The number of anilines is 1. The van der Waals surface area contributed by atoms with E-state index in [2.05, 4.69) is 4.90 Å². The largest absolute Gasteiger partial charge is 0.363 e. The molecule has 3 rings (SSSR count). The highest BCUT2D eigenvalue weighted by Crippen LogP contribution is 2.41. The second-order valence-electron chi connectivity index (χ2n) is 6.16. The SMILES string of the molecule is O=[N+]([O-])c1cc(CCl)ccc1N1CCCC1C1CCCC1. The molecular weight excluding hydrogens is 288 g/mol. The fraction of sp³-hybridized carbons (Fsp3) is 0.625. The fourth-order valence-electron chi connectivity index (χ4n) is 3.97. The summed E-state index contributed by atoms with van der Waals surface area (Å²) in [5, 5.41) is 11.4. The van der Waals surface area contributed by atoms with Crippen molar-refractivity contribution < 1.29 is 4.92 Å². The van der Waals surface area contributed by atoms with Crippen LogP contribution in [-0.4, -0.2) is 17.5 Å². The Morgan fingerprint density at radius 3 is 2.67 bits per heavy atom. The summed E-state index contributed by atoms with van der Waals surface area (Å²) in [4.78, 5) is 13.4. The summed E-state index contributed by atoms with van der Waals surface area (Å²) in [6.07, 6.45) is 7.46. The molecule has 4 nitrogen and oxygen atoms in total. The molecule has 2 fully saturated rings. The quantitative estimate of drug-likeness (QED) is 0.467. The number of rotatable bonds is 4. The Bertz CT molecular complexity index is 529. The number of nitro benzene ring substituents is 1. The summed E-state index contributed by atoms with van der Waals surface area (Å²) in [5.74, 6) is 1.02. The molecular formula is C16H21ClN2O2. The molecule has 2 aliphatic rings. The Labute approximate surface area is 130 Å². The zero-order valence-electron chi connectivity index (χ0n) is 12.1. The summed E-state index contributed by atoms with van der Waals surface area (Å²) in [6, 6.07) is 5.92. The van der Waals surface area contributed by atoms with Crippen molar-refractivity contribution in [1.82, 2.24) is 0 Å². The lowest BCUT2D eigenvalue weighted by Crippen LogP contribution is -2.35. The Kier molecular flexibility index (Phi) is 4.34. The number of alkyl halides is 1. The number of hydrogen-bond acceptors (Lipinski definition) is 3. The van der Waals surface area contributed by atoms with Gasteiger partial charge in [-0.1, -0.05) is 18.9 Å². The van der Waals surface area contributed by atoms with E-state index < -0.39 is 0 Å². The van der Waals surface area contributed by atoms with E-state index in [1.807, 2.05) is 12.1 Å². The van der Waals surface area contributed by atoms with Gasteiger partial charge < -0.3 is 4.90 Å². The van der Waals surface area contributed by atoms with Gasteiger partial charge in [0, 0.05) is 24.5 Å². The predicted octanol–water partition coefficient (Wildman–Crippen LogP) is 4.49. The van der Waals surface area contributed by atoms with Crippen molar-refractivity contribution in [3.8, 4) is 0 Å². The zero-order valence-corrected chi connectivity index (χ0v) is 12.9. The topological polar surface area (TPSA) is 46.4 Å². The molecule has 5 heteroatoms. The first-order valence-electron chi connectivity index (χ1n) is 7.80. The molecule has 114 valence electrons. The Hall–Kier alpha value is -1.29. The Morgan fingerprint density at radius 2 is 2.00 bits per heavy atom. The lowest BCUT2D eigenvalue weighted by atomic mass is 9.95. The molecule has 1 aliphatic carbocycles. The van der Waals surface area contributed by atoms with Crippen LogP contribution in [-0.2, 0) is 5.88 Å². The predicted molar refractivity (Wildman–Crippen MR) is 85.0 cm³/mol. The molecule has 1 saturated heterocycles. The second kappa shape index (κ2) is 6.22. The molecule has 0 aromatic heterocycles. The van der Waals surface area contributed by atoms with Gasteiger partial charge in [-0.25, -0.2) is 0 Å². The van der Waals surface area contributed by atoms with Crippen molar-refractivity contribution in [2.24, 2.45) is 5.92 Å². The van der Waals surface area contributed by atoms with Crippen LogP contribution in [0, 0.1) is 16.0 Å². The van der Waals surface area contributed by atoms with Crippen LogP contribution in [0.2, 0.25) is 0 Å².